The van der Waals surface area contributed by atoms with Gasteiger partial charge in [-0.05, 0) is 146 Å². The lowest BCUT2D eigenvalue weighted by Gasteiger charge is -2.41. The van der Waals surface area contributed by atoms with Gasteiger partial charge in [0.15, 0.2) is 0 Å². The second kappa shape index (κ2) is 19.1. The average Bonchev–Trinajstić information content (AvgIpc) is 2.97. The number of hydrogen-bond acceptors (Lipinski definition) is 8. The van der Waals surface area contributed by atoms with E-state index in [1.165, 1.54) is 51.4 Å². The molecule has 2 amide bonds. The van der Waals surface area contributed by atoms with Gasteiger partial charge in [-0.2, -0.15) is 0 Å². The van der Waals surface area contributed by atoms with Gasteiger partial charge in [-0.3, -0.25) is 0 Å². The maximum absolute atomic E-state index is 11.9. The lowest BCUT2D eigenvalue weighted by atomic mass is 9.90. The Kier molecular flexibility index (Phi) is 16.3. The predicted octanol–water partition coefficient (Wildman–Crippen LogP) is 7.42. The minimum absolute atomic E-state index is 0.247. The first-order valence-corrected chi connectivity index (χ1v) is 19.2. The molecule has 2 aliphatic carbocycles. The van der Waals surface area contributed by atoms with Crippen LogP contribution in [0.4, 0.5) is 9.59 Å². The minimum atomic E-state index is -0.429. The highest BCUT2D eigenvalue weighted by atomic mass is 16.6. The van der Waals surface area contributed by atoms with Crippen LogP contribution in [-0.2, 0) is 18.9 Å². The smallest absolute Gasteiger partial charge is 0.407 e. The van der Waals surface area contributed by atoms with Gasteiger partial charge in [0.2, 0.25) is 0 Å². The van der Waals surface area contributed by atoms with Crippen molar-refractivity contribution >= 4 is 12.2 Å². The molecule has 2 N–H and O–H groups in total. The molecule has 0 aromatic rings. The average molecular weight is 681 g/mol. The van der Waals surface area contributed by atoms with Gasteiger partial charge < -0.3 is 39.4 Å². The first kappa shape index (κ1) is 40.8. The molecule has 0 radical (unpaired) electrons. The zero-order valence-electron chi connectivity index (χ0n) is 32.3. The quantitative estimate of drug-likeness (QED) is 0.273. The van der Waals surface area contributed by atoms with E-state index >= 15 is 0 Å². The minimum Gasteiger partial charge on any atom is -0.444 e. The molecular formula is C38H72N4O6. The van der Waals surface area contributed by atoms with E-state index in [9.17, 15) is 9.59 Å². The van der Waals surface area contributed by atoms with E-state index in [0.29, 0.717) is 36.5 Å². The fraction of sp³-hybridized carbons (Fsp3) is 0.947. The number of nitrogens with one attached hydrogen (secondary N) is 2. The third-order valence-corrected chi connectivity index (χ3v) is 9.75. The van der Waals surface area contributed by atoms with Gasteiger partial charge in [0.1, 0.15) is 11.2 Å². The number of likely N-dealkylation sites (tertiary alicyclic amines) is 2. The number of hydrogen-bond donors (Lipinski definition) is 2. The molecule has 10 nitrogen and oxygen atoms in total. The molecule has 2 saturated carbocycles. The number of ether oxygens (including phenoxy) is 4. The second-order valence-electron chi connectivity index (χ2n) is 17.1. The molecule has 4 fully saturated rings. The van der Waals surface area contributed by atoms with Gasteiger partial charge in [-0.1, -0.05) is 0 Å². The van der Waals surface area contributed by atoms with Gasteiger partial charge in [0.25, 0.3) is 0 Å². The van der Waals surface area contributed by atoms with Crippen LogP contribution in [-0.4, -0.2) is 108 Å². The van der Waals surface area contributed by atoms with Crippen LogP contribution in [0.15, 0.2) is 0 Å². The molecule has 0 aromatic carbocycles. The Morgan fingerprint density at radius 2 is 0.812 bits per heavy atom. The first-order chi connectivity index (χ1) is 22.5. The van der Waals surface area contributed by atoms with Crippen molar-refractivity contribution in [1.82, 2.24) is 20.4 Å². The predicted molar refractivity (Wildman–Crippen MR) is 192 cm³/mol. The molecule has 2 saturated heterocycles. The summed E-state index contributed by atoms with van der Waals surface area (Å²) in [6.45, 7) is 24.1. The maximum atomic E-state index is 11.9. The van der Waals surface area contributed by atoms with E-state index < -0.39 is 11.2 Å². The summed E-state index contributed by atoms with van der Waals surface area (Å²) < 4.78 is 22.6. The number of rotatable bonds is 8. The molecule has 2 aliphatic heterocycles. The third-order valence-electron chi connectivity index (χ3n) is 9.75. The summed E-state index contributed by atoms with van der Waals surface area (Å²) in [5.74, 6) is 0. The van der Waals surface area contributed by atoms with Crippen LogP contribution in [0.25, 0.3) is 0 Å². The van der Waals surface area contributed by atoms with E-state index in [1.807, 2.05) is 41.5 Å². The van der Waals surface area contributed by atoms with E-state index in [0.717, 1.165) is 51.9 Å². The number of nitrogens with zero attached hydrogens (tertiary/aromatic N) is 2. The van der Waals surface area contributed by atoms with Crippen LogP contribution < -0.4 is 10.6 Å². The van der Waals surface area contributed by atoms with E-state index in [1.54, 1.807) is 0 Å². The fourth-order valence-electron chi connectivity index (χ4n) is 7.63. The normalized spacial score (nSPS) is 27.2. The van der Waals surface area contributed by atoms with Crippen molar-refractivity contribution in [2.75, 3.05) is 26.2 Å². The summed E-state index contributed by atoms with van der Waals surface area (Å²) in [5.41, 5.74) is -0.858. The summed E-state index contributed by atoms with van der Waals surface area (Å²) in [6, 6.07) is 1.88. The Hall–Kier alpha value is -1.62. The summed E-state index contributed by atoms with van der Waals surface area (Å²) in [6.07, 6.45) is 14.7. The van der Waals surface area contributed by atoms with Crippen molar-refractivity contribution in [2.24, 2.45) is 0 Å². The highest BCUT2D eigenvalue weighted by Gasteiger charge is 2.32. The van der Waals surface area contributed by atoms with Crippen LogP contribution in [0, 0.1) is 0 Å². The Morgan fingerprint density at radius 1 is 0.521 bits per heavy atom. The Bertz CT molecular complexity index is 856. The molecular weight excluding hydrogens is 608 g/mol. The highest BCUT2D eigenvalue weighted by Crippen LogP contribution is 2.29. The maximum Gasteiger partial charge on any atom is 0.407 e. The molecule has 10 heteroatoms. The molecule has 2 heterocycles. The summed E-state index contributed by atoms with van der Waals surface area (Å²) in [7, 11) is 0. The lowest BCUT2D eigenvalue weighted by Crippen LogP contribution is -2.49. The number of piperidine rings is 2. The number of carbonyl (C=O) groups excluding carboxylic acids is 2. The van der Waals surface area contributed by atoms with Crippen molar-refractivity contribution < 1.29 is 28.5 Å². The lowest BCUT2D eigenvalue weighted by molar-refractivity contribution is -0.0287. The van der Waals surface area contributed by atoms with Crippen molar-refractivity contribution in [3.8, 4) is 0 Å². The van der Waals surface area contributed by atoms with Crippen LogP contribution >= 0.6 is 0 Å². The molecule has 4 rings (SSSR count). The zero-order chi connectivity index (χ0) is 35.5. The Labute approximate surface area is 293 Å². The standard InChI is InChI=1S/2C19H36N2O3/c2*1-14(2)23-17-8-6-16(7-9-17)21-12-10-15(11-13-21)20-18(22)24-19(3,4)5/h2*14-17H,6-13H2,1-5H3,(H,20,22). The molecule has 280 valence electrons. The molecule has 48 heavy (non-hydrogen) atoms. The Balaban J connectivity index is 0.000000260. The second-order valence-corrected chi connectivity index (χ2v) is 17.1. The topological polar surface area (TPSA) is 102 Å². The fourth-order valence-corrected chi connectivity index (χ4v) is 7.63. The van der Waals surface area contributed by atoms with Gasteiger partial charge in [0.05, 0.1) is 24.4 Å². The molecule has 0 unspecified atom stereocenters. The van der Waals surface area contributed by atoms with Crippen molar-refractivity contribution in [2.45, 2.75) is 206 Å². The number of amides is 2. The van der Waals surface area contributed by atoms with Crippen molar-refractivity contribution in [3.63, 3.8) is 0 Å². The van der Waals surface area contributed by atoms with Crippen molar-refractivity contribution in [1.29, 1.82) is 0 Å². The van der Waals surface area contributed by atoms with Gasteiger partial charge in [0, 0.05) is 50.3 Å². The van der Waals surface area contributed by atoms with Crippen LogP contribution in [0.1, 0.15) is 146 Å². The molecule has 0 spiro atoms. The molecule has 0 atom stereocenters. The van der Waals surface area contributed by atoms with Crippen molar-refractivity contribution in [3.05, 3.63) is 0 Å². The zero-order valence-corrected chi connectivity index (χ0v) is 32.3. The number of carbonyl (C=O) groups is 2. The SMILES string of the molecule is CC(C)OC1CCC(N2CCC(NC(=O)OC(C)(C)C)CC2)CC1.CC(C)OC1CCC(N2CCC(NC(=O)OC(C)(C)C)CC2)CC1. The summed E-state index contributed by atoms with van der Waals surface area (Å²) >= 11 is 0. The van der Waals surface area contributed by atoms with E-state index in [4.69, 9.17) is 18.9 Å². The van der Waals surface area contributed by atoms with E-state index in [-0.39, 0.29) is 24.3 Å². The van der Waals surface area contributed by atoms with Crippen LogP contribution in [0.3, 0.4) is 0 Å². The third kappa shape index (κ3) is 15.9. The molecule has 0 bridgehead atoms. The molecule has 0 aromatic heterocycles. The highest BCUT2D eigenvalue weighted by molar-refractivity contribution is 5.68. The Morgan fingerprint density at radius 3 is 1.06 bits per heavy atom. The van der Waals surface area contributed by atoms with E-state index in [2.05, 4.69) is 48.1 Å². The summed E-state index contributed by atoms with van der Waals surface area (Å²) in [5, 5.41) is 6.04. The monoisotopic (exact) mass is 681 g/mol. The summed E-state index contributed by atoms with van der Waals surface area (Å²) in [4.78, 5) is 29.0. The largest absolute Gasteiger partial charge is 0.444 e. The first-order valence-electron chi connectivity index (χ1n) is 19.2. The van der Waals surface area contributed by atoms with Gasteiger partial charge >= 0.3 is 12.2 Å². The van der Waals surface area contributed by atoms with Gasteiger partial charge in [-0.25, -0.2) is 9.59 Å². The molecule has 4 aliphatic rings. The van der Waals surface area contributed by atoms with Crippen LogP contribution in [0.5, 0.6) is 0 Å². The number of alkyl carbamates (subject to hydrolysis) is 2. The van der Waals surface area contributed by atoms with Gasteiger partial charge in [-0.15, -0.1) is 0 Å². The van der Waals surface area contributed by atoms with Crippen LogP contribution in [0.2, 0.25) is 0 Å².